The molecule has 2 aromatic rings. The monoisotopic (exact) mass is 248 g/mol. The zero-order valence-corrected chi connectivity index (χ0v) is 10.2. The van der Waals surface area contributed by atoms with E-state index >= 15 is 0 Å². The van der Waals surface area contributed by atoms with Crippen LogP contribution in [-0.4, -0.2) is 17.1 Å². The Hall–Kier alpha value is -2.01. The second kappa shape index (κ2) is 5.10. The molecular weight excluding hydrogens is 235 g/mol. The molecule has 1 aromatic carbocycles. The minimum Gasteiger partial charge on any atom is -0.377 e. The quantitative estimate of drug-likeness (QED) is 0.904. The lowest BCUT2D eigenvalue weighted by atomic mass is 10.1. The fourth-order valence-corrected chi connectivity index (χ4v) is 1.72. The highest BCUT2D eigenvalue weighted by Crippen LogP contribution is 2.21. The first-order valence-corrected chi connectivity index (χ1v) is 5.46. The fraction of sp³-hybridized carbons (Fsp3) is 0.231. The summed E-state index contributed by atoms with van der Waals surface area (Å²) in [5.74, 6) is 0.0645. The number of halogens is 1. The summed E-state index contributed by atoms with van der Waals surface area (Å²) < 4.78 is 18.2. The molecule has 94 valence electrons. The van der Waals surface area contributed by atoms with Crippen molar-refractivity contribution in [1.82, 2.24) is 9.97 Å². The van der Waals surface area contributed by atoms with E-state index in [1.807, 2.05) is 6.92 Å². The van der Waals surface area contributed by atoms with Gasteiger partial charge in [-0.15, -0.1) is 0 Å². The SMILES string of the molecule is COCc1nc(-c2cc(F)ccc2C)cc(=O)[nH]1. The Kier molecular flexibility index (Phi) is 3.53. The normalized spacial score (nSPS) is 10.6. The second-order valence-electron chi connectivity index (χ2n) is 3.97. The Morgan fingerprint density at radius 2 is 2.17 bits per heavy atom. The number of rotatable bonds is 3. The van der Waals surface area contributed by atoms with Gasteiger partial charge in [0.25, 0.3) is 5.56 Å². The van der Waals surface area contributed by atoms with E-state index in [2.05, 4.69) is 9.97 Å². The predicted molar refractivity (Wildman–Crippen MR) is 65.7 cm³/mol. The fourth-order valence-electron chi connectivity index (χ4n) is 1.72. The maximum Gasteiger partial charge on any atom is 0.251 e. The van der Waals surface area contributed by atoms with Crippen molar-refractivity contribution in [2.45, 2.75) is 13.5 Å². The molecule has 1 aromatic heterocycles. The lowest BCUT2D eigenvalue weighted by molar-refractivity contribution is 0.177. The van der Waals surface area contributed by atoms with Crippen molar-refractivity contribution in [3.63, 3.8) is 0 Å². The van der Waals surface area contributed by atoms with Crippen molar-refractivity contribution in [3.8, 4) is 11.3 Å². The van der Waals surface area contributed by atoms with Crippen molar-refractivity contribution in [1.29, 1.82) is 0 Å². The maximum atomic E-state index is 13.2. The molecule has 0 bridgehead atoms. The van der Waals surface area contributed by atoms with Gasteiger partial charge < -0.3 is 9.72 Å². The van der Waals surface area contributed by atoms with Gasteiger partial charge >= 0.3 is 0 Å². The number of methoxy groups -OCH3 is 1. The van der Waals surface area contributed by atoms with E-state index in [0.29, 0.717) is 17.1 Å². The average molecular weight is 248 g/mol. The molecule has 0 aliphatic heterocycles. The van der Waals surface area contributed by atoms with Crippen molar-refractivity contribution in [3.05, 3.63) is 51.8 Å². The van der Waals surface area contributed by atoms with E-state index in [9.17, 15) is 9.18 Å². The van der Waals surface area contributed by atoms with E-state index in [1.165, 1.54) is 25.3 Å². The summed E-state index contributed by atoms with van der Waals surface area (Å²) >= 11 is 0. The molecule has 0 atom stereocenters. The molecule has 0 spiro atoms. The van der Waals surface area contributed by atoms with E-state index in [0.717, 1.165) is 5.56 Å². The van der Waals surface area contributed by atoms with E-state index in [1.54, 1.807) is 6.07 Å². The number of benzene rings is 1. The van der Waals surface area contributed by atoms with Crippen molar-refractivity contribution < 1.29 is 9.13 Å². The molecule has 0 radical (unpaired) electrons. The topological polar surface area (TPSA) is 55.0 Å². The van der Waals surface area contributed by atoms with Crippen LogP contribution < -0.4 is 5.56 Å². The van der Waals surface area contributed by atoms with Crippen LogP contribution in [0.4, 0.5) is 4.39 Å². The van der Waals surface area contributed by atoms with E-state index in [-0.39, 0.29) is 18.0 Å². The smallest absolute Gasteiger partial charge is 0.251 e. The summed E-state index contributed by atoms with van der Waals surface area (Å²) in [5.41, 5.74) is 1.63. The standard InChI is InChI=1S/C13H13FN2O2/c1-8-3-4-9(14)5-10(8)11-6-13(17)16-12(15-11)7-18-2/h3-6H,7H2,1-2H3,(H,15,16,17). The van der Waals surface area contributed by atoms with Crippen LogP contribution >= 0.6 is 0 Å². The largest absolute Gasteiger partial charge is 0.377 e. The van der Waals surface area contributed by atoms with Crippen LogP contribution in [-0.2, 0) is 11.3 Å². The van der Waals surface area contributed by atoms with E-state index < -0.39 is 0 Å². The molecule has 5 heteroatoms. The van der Waals surface area contributed by atoms with Crippen LogP contribution in [0.15, 0.2) is 29.1 Å². The number of hydrogen-bond donors (Lipinski definition) is 1. The number of nitrogens with zero attached hydrogens (tertiary/aromatic N) is 1. The van der Waals surface area contributed by atoms with Crippen molar-refractivity contribution in [2.24, 2.45) is 0 Å². The predicted octanol–water partition coefficient (Wildman–Crippen LogP) is 2.03. The highest BCUT2D eigenvalue weighted by molar-refractivity contribution is 5.63. The third-order valence-corrected chi connectivity index (χ3v) is 2.55. The summed E-state index contributed by atoms with van der Waals surface area (Å²) in [6.45, 7) is 2.05. The zero-order chi connectivity index (χ0) is 13.1. The zero-order valence-electron chi connectivity index (χ0n) is 10.2. The van der Waals surface area contributed by atoms with Gasteiger partial charge in [-0.25, -0.2) is 9.37 Å². The van der Waals surface area contributed by atoms with Gasteiger partial charge in [0.1, 0.15) is 18.2 Å². The number of hydrogen-bond acceptors (Lipinski definition) is 3. The molecule has 1 N–H and O–H groups in total. The molecule has 4 nitrogen and oxygen atoms in total. The first-order chi connectivity index (χ1) is 8.60. The van der Waals surface area contributed by atoms with Crippen LogP contribution in [0.2, 0.25) is 0 Å². The number of nitrogens with one attached hydrogen (secondary N) is 1. The summed E-state index contributed by atoms with van der Waals surface area (Å²) in [6.07, 6.45) is 0. The van der Waals surface area contributed by atoms with Crippen LogP contribution in [0.5, 0.6) is 0 Å². The molecule has 18 heavy (non-hydrogen) atoms. The second-order valence-corrected chi connectivity index (χ2v) is 3.97. The summed E-state index contributed by atoms with van der Waals surface area (Å²) in [7, 11) is 1.51. The Balaban J connectivity index is 2.56. The Morgan fingerprint density at radius 1 is 1.39 bits per heavy atom. The molecule has 0 fully saturated rings. The van der Waals surface area contributed by atoms with Gasteiger partial charge in [0.2, 0.25) is 0 Å². The highest BCUT2D eigenvalue weighted by atomic mass is 19.1. The van der Waals surface area contributed by atoms with Gasteiger partial charge in [-0.2, -0.15) is 0 Å². The molecule has 0 unspecified atom stereocenters. The number of aryl methyl sites for hydroxylation is 1. The molecule has 0 aliphatic carbocycles. The van der Waals surface area contributed by atoms with Gasteiger partial charge in [-0.05, 0) is 24.6 Å². The summed E-state index contributed by atoms with van der Waals surface area (Å²) in [6, 6.07) is 5.75. The first kappa shape index (κ1) is 12.4. The lowest BCUT2D eigenvalue weighted by Gasteiger charge is -2.07. The Labute approximate surface area is 103 Å². The molecule has 1 heterocycles. The molecular formula is C13H13FN2O2. The highest BCUT2D eigenvalue weighted by Gasteiger charge is 2.08. The van der Waals surface area contributed by atoms with Gasteiger partial charge in [-0.3, -0.25) is 4.79 Å². The summed E-state index contributed by atoms with van der Waals surface area (Å²) in [4.78, 5) is 18.3. The van der Waals surface area contributed by atoms with Crippen molar-refractivity contribution in [2.75, 3.05) is 7.11 Å². The number of aromatic nitrogens is 2. The van der Waals surface area contributed by atoms with Gasteiger partial charge in [-0.1, -0.05) is 6.07 Å². The van der Waals surface area contributed by atoms with E-state index in [4.69, 9.17) is 4.74 Å². The third-order valence-electron chi connectivity index (χ3n) is 2.55. The minimum atomic E-state index is -0.356. The first-order valence-electron chi connectivity index (χ1n) is 5.46. The molecule has 0 aliphatic rings. The maximum absolute atomic E-state index is 13.2. The molecule has 0 amide bonds. The molecule has 0 saturated carbocycles. The molecule has 0 saturated heterocycles. The Bertz CT molecular complexity index is 623. The van der Waals surface area contributed by atoms with Crippen LogP contribution in [0.1, 0.15) is 11.4 Å². The number of H-pyrrole nitrogens is 1. The summed E-state index contributed by atoms with van der Waals surface area (Å²) in [5, 5.41) is 0. The van der Waals surface area contributed by atoms with Gasteiger partial charge in [0, 0.05) is 18.7 Å². The molecule has 2 rings (SSSR count). The number of aromatic amines is 1. The van der Waals surface area contributed by atoms with Gasteiger partial charge in [0.15, 0.2) is 0 Å². The van der Waals surface area contributed by atoms with Crippen molar-refractivity contribution >= 4 is 0 Å². The number of ether oxygens (including phenoxy) is 1. The minimum absolute atomic E-state index is 0.206. The van der Waals surface area contributed by atoms with Crippen LogP contribution in [0, 0.1) is 12.7 Å². The third kappa shape index (κ3) is 2.62. The average Bonchev–Trinajstić information content (AvgIpc) is 2.32. The Morgan fingerprint density at radius 3 is 2.89 bits per heavy atom. The van der Waals surface area contributed by atoms with Crippen LogP contribution in [0.25, 0.3) is 11.3 Å². The van der Waals surface area contributed by atoms with Gasteiger partial charge in [0.05, 0.1) is 5.69 Å². The lowest BCUT2D eigenvalue weighted by Crippen LogP contribution is -2.12. The van der Waals surface area contributed by atoms with Crippen LogP contribution in [0.3, 0.4) is 0 Å².